The third kappa shape index (κ3) is 2.75. The van der Waals surface area contributed by atoms with E-state index in [4.69, 9.17) is 9.47 Å². The second-order valence-electron chi connectivity index (χ2n) is 7.94. The molecule has 5 heteroatoms. The zero-order valence-electron chi connectivity index (χ0n) is 13.8. The van der Waals surface area contributed by atoms with E-state index in [0.717, 1.165) is 19.3 Å². The SMILES string of the molecule is COc1ccc(COC(=O)C23C[C@@H]4C[C@@H](CC(Br)(C4)C2)C3)cc1F. The molecule has 4 fully saturated rings. The molecule has 24 heavy (non-hydrogen) atoms. The molecule has 0 radical (unpaired) electrons. The van der Waals surface area contributed by atoms with Crippen LogP contribution < -0.4 is 4.74 Å². The second-order valence-corrected chi connectivity index (χ2v) is 9.62. The largest absolute Gasteiger partial charge is 0.494 e. The summed E-state index contributed by atoms with van der Waals surface area (Å²) in [4.78, 5) is 12.9. The van der Waals surface area contributed by atoms with Gasteiger partial charge in [0.1, 0.15) is 6.61 Å². The van der Waals surface area contributed by atoms with Gasteiger partial charge < -0.3 is 9.47 Å². The van der Waals surface area contributed by atoms with Crippen LogP contribution in [0.5, 0.6) is 5.75 Å². The molecule has 0 heterocycles. The van der Waals surface area contributed by atoms with Gasteiger partial charge in [-0.3, -0.25) is 4.79 Å². The number of benzene rings is 1. The Kier molecular flexibility index (Phi) is 3.90. The first-order valence-corrected chi connectivity index (χ1v) is 9.39. The molecule has 2 unspecified atom stereocenters. The molecule has 0 N–H and O–H groups in total. The lowest BCUT2D eigenvalue weighted by molar-refractivity contribution is -0.170. The van der Waals surface area contributed by atoms with E-state index >= 15 is 0 Å². The molecule has 0 saturated heterocycles. The normalized spacial score (nSPS) is 36.6. The molecule has 1 aromatic rings. The maximum Gasteiger partial charge on any atom is 0.312 e. The van der Waals surface area contributed by atoms with Crippen LogP contribution in [0, 0.1) is 23.1 Å². The monoisotopic (exact) mass is 396 g/mol. The number of rotatable bonds is 4. The van der Waals surface area contributed by atoms with E-state index in [1.165, 1.54) is 32.4 Å². The quantitative estimate of drug-likeness (QED) is 0.550. The molecule has 0 amide bonds. The van der Waals surface area contributed by atoms with Gasteiger partial charge in [0.15, 0.2) is 11.6 Å². The van der Waals surface area contributed by atoms with Gasteiger partial charge in [-0.05, 0) is 68.1 Å². The summed E-state index contributed by atoms with van der Waals surface area (Å²) in [6.07, 6.45) is 6.40. The number of esters is 1. The summed E-state index contributed by atoms with van der Waals surface area (Å²) in [5, 5.41) is 0. The highest BCUT2D eigenvalue weighted by atomic mass is 79.9. The van der Waals surface area contributed by atoms with Crippen LogP contribution in [-0.4, -0.2) is 17.4 Å². The van der Waals surface area contributed by atoms with Gasteiger partial charge in [0.05, 0.1) is 12.5 Å². The van der Waals surface area contributed by atoms with E-state index in [1.54, 1.807) is 12.1 Å². The highest BCUT2D eigenvalue weighted by Gasteiger charge is 2.60. The fourth-order valence-corrected chi connectivity index (χ4v) is 6.94. The topological polar surface area (TPSA) is 35.5 Å². The van der Waals surface area contributed by atoms with Gasteiger partial charge in [0, 0.05) is 4.32 Å². The lowest BCUT2D eigenvalue weighted by atomic mass is 9.49. The van der Waals surface area contributed by atoms with Gasteiger partial charge in [-0.15, -0.1) is 0 Å². The number of alkyl halides is 1. The van der Waals surface area contributed by atoms with Crippen molar-refractivity contribution in [2.75, 3.05) is 7.11 Å². The maximum atomic E-state index is 13.8. The third-order valence-corrected chi connectivity index (χ3v) is 6.94. The van der Waals surface area contributed by atoms with Crippen molar-refractivity contribution in [3.05, 3.63) is 29.6 Å². The number of carbonyl (C=O) groups is 1. The van der Waals surface area contributed by atoms with Crippen LogP contribution in [0.15, 0.2) is 18.2 Å². The summed E-state index contributed by atoms with van der Waals surface area (Å²) in [6, 6.07) is 4.68. The Hall–Kier alpha value is -1.10. The minimum absolute atomic E-state index is 0.100. The Balaban J connectivity index is 1.46. The molecular formula is C19H22BrFO3. The fourth-order valence-electron chi connectivity index (χ4n) is 5.49. The minimum atomic E-state index is -0.430. The molecule has 4 bridgehead atoms. The first-order valence-electron chi connectivity index (χ1n) is 8.60. The van der Waals surface area contributed by atoms with E-state index in [9.17, 15) is 9.18 Å². The Bertz CT molecular complexity index is 661. The molecule has 0 aliphatic heterocycles. The Morgan fingerprint density at radius 2 is 2.00 bits per heavy atom. The van der Waals surface area contributed by atoms with Crippen molar-refractivity contribution in [1.82, 2.24) is 0 Å². The van der Waals surface area contributed by atoms with Crippen LogP contribution in [0.4, 0.5) is 4.39 Å². The van der Waals surface area contributed by atoms with Gasteiger partial charge >= 0.3 is 5.97 Å². The highest BCUT2D eigenvalue weighted by Crippen LogP contribution is 2.64. The molecule has 0 aromatic heterocycles. The zero-order valence-corrected chi connectivity index (χ0v) is 15.4. The maximum absolute atomic E-state index is 13.8. The number of methoxy groups -OCH3 is 1. The average Bonchev–Trinajstić information content (AvgIpc) is 2.50. The van der Waals surface area contributed by atoms with Crippen molar-refractivity contribution in [3.8, 4) is 5.75 Å². The molecule has 0 spiro atoms. The van der Waals surface area contributed by atoms with E-state index < -0.39 is 5.82 Å². The summed E-state index contributed by atoms with van der Waals surface area (Å²) >= 11 is 3.91. The molecule has 4 aliphatic rings. The van der Waals surface area contributed by atoms with Gasteiger partial charge in [-0.25, -0.2) is 4.39 Å². The van der Waals surface area contributed by atoms with Gasteiger partial charge in [0.25, 0.3) is 0 Å². The predicted molar refractivity (Wildman–Crippen MR) is 91.5 cm³/mol. The minimum Gasteiger partial charge on any atom is -0.494 e. The van der Waals surface area contributed by atoms with Crippen LogP contribution in [0.2, 0.25) is 0 Å². The number of carbonyl (C=O) groups excluding carboxylic acids is 1. The van der Waals surface area contributed by atoms with Crippen molar-refractivity contribution >= 4 is 21.9 Å². The molecule has 130 valence electrons. The molecule has 4 aliphatic carbocycles. The molecule has 5 rings (SSSR count). The fraction of sp³-hybridized carbons (Fsp3) is 0.632. The van der Waals surface area contributed by atoms with Crippen LogP contribution >= 0.6 is 15.9 Å². The van der Waals surface area contributed by atoms with Crippen LogP contribution in [0.1, 0.15) is 44.1 Å². The van der Waals surface area contributed by atoms with Gasteiger partial charge in [-0.2, -0.15) is 0 Å². The van der Waals surface area contributed by atoms with Crippen LogP contribution in [-0.2, 0) is 16.1 Å². The smallest absolute Gasteiger partial charge is 0.312 e. The van der Waals surface area contributed by atoms with Crippen molar-refractivity contribution < 1.29 is 18.7 Å². The number of hydrogen-bond donors (Lipinski definition) is 0. The number of halogens is 2. The molecule has 4 atom stereocenters. The third-order valence-electron chi connectivity index (χ3n) is 6.01. The summed E-state index contributed by atoms with van der Waals surface area (Å²) in [5.74, 6) is 0.942. The zero-order chi connectivity index (χ0) is 16.9. The molecule has 4 saturated carbocycles. The van der Waals surface area contributed by atoms with E-state index in [0.29, 0.717) is 17.4 Å². The van der Waals surface area contributed by atoms with Crippen molar-refractivity contribution in [2.24, 2.45) is 17.3 Å². The molecule has 3 nitrogen and oxygen atoms in total. The first kappa shape index (κ1) is 16.4. The van der Waals surface area contributed by atoms with E-state index in [1.807, 2.05) is 0 Å². The predicted octanol–water partition coefficient (Wildman–Crippen LogP) is 4.61. The van der Waals surface area contributed by atoms with Crippen molar-refractivity contribution in [3.63, 3.8) is 0 Å². The summed E-state index contributed by atoms with van der Waals surface area (Å²) in [7, 11) is 1.43. The highest BCUT2D eigenvalue weighted by molar-refractivity contribution is 9.10. The molecular weight excluding hydrogens is 375 g/mol. The Morgan fingerprint density at radius 1 is 1.29 bits per heavy atom. The van der Waals surface area contributed by atoms with Crippen LogP contribution in [0.25, 0.3) is 0 Å². The summed E-state index contributed by atoms with van der Waals surface area (Å²) in [6.45, 7) is 0.117. The van der Waals surface area contributed by atoms with Gasteiger partial charge in [0.2, 0.25) is 0 Å². The number of ether oxygens (including phenoxy) is 2. The first-order chi connectivity index (χ1) is 11.4. The van der Waals surface area contributed by atoms with Gasteiger partial charge in [-0.1, -0.05) is 22.0 Å². The van der Waals surface area contributed by atoms with Crippen LogP contribution in [0.3, 0.4) is 0 Å². The Morgan fingerprint density at radius 3 is 2.58 bits per heavy atom. The van der Waals surface area contributed by atoms with E-state index in [-0.39, 0.29) is 28.1 Å². The molecule has 1 aromatic carbocycles. The number of hydrogen-bond acceptors (Lipinski definition) is 3. The second kappa shape index (κ2) is 5.72. The Labute approximate surface area is 150 Å². The van der Waals surface area contributed by atoms with E-state index in [2.05, 4.69) is 15.9 Å². The van der Waals surface area contributed by atoms with Crippen molar-refractivity contribution in [1.29, 1.82) is 0 Å². The lowest BCUT2D eigenvalue weighted by Crippen LogP contribution is -2.56. The average molecular weight is 397 g/mol. The van der Waals surface area contributed by atoms with Crippen molar-refractivity contribution in [2.45, 2.75) is 49.5 Å². The summed E-state index contributed by atoms with van der Waals surface area (Å²) in [5.41, 5.74) is 0.318. The summed E-state index contributed by atoms with van der Waals surface area (Å²) < 4.78 is 24.4. The lowest BCUT2D eigenvalue weighted by Gasteiger charge is -2.58. The standard InChI is InChI=1S/C19H22BrFO3/c1-23-16-3-2-12(5-15(16)21)10-24-17(22)18-6-13-4-14(7-18)9-19(20,8-13)11-18/h2-3,5,13-14H,4,6-11H2,1H3/t13-,14+,18?,19?.